The minimum Gasteiger partial charge on any atom is -0.497 e. The lowest BCUT2D eigenvalue weighted by atomic mass is 10.1. The van der Waals surface area contributed by atoms with Gasteiger partial charge in [0.2, 0.25) is 10.0 Å². The van der Waals surface area contributed by atoms with Gasteiger partial charge in [0.1, 0.15) is 18.0 Å². The number of carbonyl (C=O) groups excluding carboxylic acids is 1. The maximum absolute atomic E-state index is 12.3. The molecule has 0 aliphatic heterocycles. The maximum atomic E-state index is 12.3. The second-order valence-electron chi connectivity index (χ2n) is 6.39. The van der Waals surface area contributed by atoms with E-state index in [1.54, 1.807) is 37.4 Å². The highest BCUT2D eigenvalue weighted by Crippen LogP contribution is 2.25. The Morgan fingerprint density at radius 3 is 2.52 bits per heavy atom. The van der Waals surface area contributed by atoms with Crippen LogP contribution in [0.15, 0.2) is 41.5 Å². The number of nitrogens with one attached hydrogen (secondary N) is 1. The van der Waals surface area contributed by atoms with Crippen LogP contribution in [-0.2, 0) is 14.8 Å². The molecule has 1 amide bonds. The van der Waals surface area contributed by atoms with E-state index in [-0.39, 0.29) is 6.54 Å². The molecule has 0 heterocycles. The van der Waals surface area contributed by atoms with Crippen LogP contribution < -0.4 is 19.2 Å². The molecule has 1 N–H and O–H groups in total. The van der Waals surface area contributed by atoms with Crippen LogP contribution in [0.1, 0.15) is 16.7 Å². The standard InChI is InChI=1S/C20H25N3O5S/c1-14-7-6-8-18(15(14)2)23(29(5,25)26)13-20(24)22-21-12-16-9-10-17(27-3)11-19(16)28-4/h6-12H,13H2,1-5H3,(H,22,24)/b21-12-. The Kier molecular flexibility index (Phi) is 7.22. The van der Waals surface area contributed by atoms with E-state index in [0.717, 1.165) is 21.7 Å². The third kappa shape index (κ3) is 5.71. The number of benzene rings is 2. The van der Waals surface area contributed by atoms with Crippen molar-refractivity contribution in [3.63, 3.8) is 0 Å². The van der Waals surface area contributed by atoms with Gasteiger partial charge in [-0.25, -0.2) is 13.8 Å². The number of hydrogen-bond donors (Lipinski definition) is 1. The van der Waals surface area contributed by atoms with E-state index in [4.69, 9.17) is 9.47 Å². The quantitative estimate of drug-likeness (QED) is 0.523. The molecule has 0 saturated carbocycles. The number of ether oxygens (including phenoxy) is 2. The smallest absolute Gasteiger partial charge is 0.260 e. The molecule has 2 aromatic rings. The number of sulfonamides is 1. The first-order valence-electron chi connectivity index (χ1n) is 8.75. The fourth-order valence-corrected chi connectivity index (χ4v) is 3.56. The highest BCUT2D eigenvalue weighted by atomic mass is 32.2. The highest BCUT2D eigenvalue weighted by Gasteiger charge is 2.22. The SMILES string of the molecule is COc1ccc(/C=N\NC(=O)CN(c2cccc(C)c2C)S(C)(=O)=O)c(OC)c1. The number of nitrogens with zero attached hydrogens (tertiary/aromatic N) is 2. The van der Waals surface area contributed by atoms with Crippen molar-refractivity contribution in [2.24, 2.45) is 5.10 Å². The van der Waals surface area contributed by atoms with Gasteiger partial charge in [0, 0.05) is 11.6 Å². The largest absolute Gasteiger partial charge is 0.497 e. The van der Waals surface area contributed by atoms with Crippen LogP contribution in [0.4, 0.5) is 5.69 Å². The lowest BCUT2D eigenvalue weighted by Crippen LogP contribution is -2.39. The highest BCUT2D eigenvalue weighted by molar-refractivity contribution is 7.92. The summed E-state index contributed by atoms with van der Waals surface area (Å²) in [6, 6.07) is 10.5. The molecule has 29 heavy (non-hydrogen) atoms. The molecule has 0 bridgehead atoms. The summed E-state index contributed by atoms with van der Waals surface area (Å²) in [6.45, 7) is 3.31. The molecule has 8 nitrogen and oxygen atoms in total. The summed E-state index contributed by atoms with van der Waals surface area (Å²) in [7, 11) is -0.601. The molecule has 0 fully saturated rings. The van der Waals surface area contributed by atoms with Gasteiger partial charge in [-0.2, -0.15) is 5.10 Å². The second kappa shape index (κ2) is 9.42. The van der Waals surface area contributed by atoms with Crippen molar-refractivity contribution in [3.05, 3.63) is 53.1 Å². The minimum atomic E-state index is -3.66. The number of rotatable bonds is 8. The predicted molar refractivity (Wildman–Crippen MR) is 113 cm³/mol. The van der Waals surface area contributed by atoms with Gasteiger partial charge in [-0.3, -0.25) is 9.10 Å². The Labute approximate surface area is 171 Å². The predicted octanol–water partition coefficient (Wildman–Crippen LogP) is 2.24. The van der Waals surface area contributed by atoms with Crippen molar-refractivity contribution in [2.75, 3.05) is 31.3 Å². The van der Waals surface area contributed by atoms with E-state index in [2.05, 4.69) is 10.5 Å². The zero-order chi connectivity index (χ0) is 21.6. The van der Waals surface area contributed by atoms with Crippen LogP contribution in [0, 0.1) is 13.8 Å². The number of carbonyl (C=O) groups is 1. The van der Waals surface area contributed by atoms with E-state index in [9.17, 15) is 13.2 Å². The zero-order valence-electron chi connectivity index (χ0n) is 17.1. The fourth-order valence-electron chi connectivity index (χ4n) is 2.65. The first kappa shape index (κ1) is 22.2. The summed E-state index contributed by atoms with van der Waals surface area (Å²) in [5.74, 6) is 0.580. The number of aryl methyl sites for hydroxylation is 1. The molecular formula is C20H25N3O5S. The molecule has 2 aromatic carbocycles. The number of hydrazone groups is 1. The van der Waals surface area contributed by atoms with Gasteiger partial charge in [-0.05, 0) is 43.2 Å². The van der Waals surface area contributed by atoms with E-state index in [0.29, 0.717) is 22.7 Å². The monoisotopic (exact) mass is 419 g/mol. The Hall–Kier alpha value is -3.07. The number of methoxy groups -OCH3 is 2. The Morgan fingerprint density at radius 1 is 1.17 bits per heavy atom. The van der Waals surface area contributed by atoms with Crippen molar-refractivity contribution in [1.82, 2.24) is 5.43 Å². The van der Waals surface area contributed by atoms with Gasteiger partial charge < -0.3 is 9.47 Å². The average Bonchev–Trinajstić information content (AvgIpc) is 2.68. The zero-order valence-corrected chi connectivity index (χ0v) is 17.9. The van der Waals surface area contributed by atoms with E-state index < -0.39 is 15.9 Å². The normalized spacial score (nSPS) is 11.3. The van der Waals surface area contributed by atoms with Crippen LogP contribution >= 0.6 is 0 Å². The van der Waals surface area contributed by atoms with Gasteiger partial charge in [0.05, 0.1) is 32.4 Å². The molecule has 0 spiro atoms. The summed E-state index contributed by atoms with van der Waals surface area (Å²) in [5, 5.41) is 3.91. The first-order valence-corrected chi connectivity index (χ1v) is 10.6. The molecule has 0 aliphatic carbocycles. The van der Waals surface area contributed by atoms with Gasteiger partial charge in [-0.1, -0.05) is 12.1 Å². The molecule has 9 heteroatoms. The van der Waals surface area contributed by atoms with Crippen molar-refractivity contribution in [1.29, 1.82) is 0 Å². The Bertz CT molecular complexity index is 1020. The van der Waals surface area contributed by atoms with E-state index in [1.165, 1.54) is 13.3 Å². The first-order chi connectivity index (χ1) is 13.7. The van der Waals surface area contributed by atoms with Gasteiger partial charge in [0.25, 0.3) is 5.91 Å². The number of anilines is 1. The van der Waals surface area contributed by atoms with Crippen molar-refractivity contribution < 1.29 is 22.7 Å². The summed E-state index contributed by atoms with van der Waals surface area (Å²) in [4.78, 5) is 12.3. The Morgan fingerprint density at radius 2 is 1.90 bits per heavy atom. The van der Waals surface area contributed by atoms with E-state index >= 15 is 0 Å². The Balaban J connectivity index is 2.16. The molecular weight excluding hydrogens is 394 g/mol. The molecule has 2 rings (SSSR count). The topological polar surface area (TPSA) is 97.3 Å². The lowest BCUT2D eigenvalue weighted by molar-refractivity contribution is -0.119. The fraction of sp³-hybridized carbons (Fsp3) is 0.300. The summed E-state index contributed by atoms with van der Waals surface area (Å²) in [5.41, 5.74) is 5.17. The maximum Gasteiger partial charge on any atom is 0.260 e. The van der Waals surface area contributed by atoms with Crippen molar-refractivity contribution in [2.45, 2.75) is 13.8 Å². The van der Waals surface area contributed by atoms with Crippen LogP contribution in [0.3, 0.4) is 0 Å². The van der Waals surface area contributed by atoms with Crippen LogP contribution in [0.5, 0.6) is 11.5 Å². The van der Waals surface area contributed by atoms with Gasteiger partial charge >= 0.3 is 0 Å². The van der Waals surface area contributed by atoms with Crippen LogP contribution in [0.2, 0.25) is 0 Å². The molecule has 0 unspecified atom stereocenters. The van der Waals surface area contributed by atoms with Gasteiger partial charge in [-0.15, -0.1) is 0 Å². The molecule has 156 valence electrons. The molecule has 0 aromatic heterocycles. The van der Waals surface area contributed by atoms with Gasteiger partial charge in [0.15, 0.2) is 0 Å². The van der Waals surface area contributed by atoms with Crippen molar-refractivity contribution in [3.8, 4) is 11.5 Å². The van der Waals surface area contributed by atoms with E-state index in [1.807, 2.05) is 19.9 Å². The molecule has 0 atom stereocenters. The third-order valence-electron chi connectivity index (χ3n) is 4.37. The van der Waals surface area contributed by atoms with Crippen LogP contribution in [0.25, 0.3) is 0 Å². The van der Waals surface area contributed by atoms with Crippen LogP contribution in [-0.4, -0.2) is 47.6 Å². The summed E-state index contributed by atoms with van der Waals surface area (Å²) >= 11 is 0. The summed E-state index contributed by atoms with van der Waals surface area (Å²) in [6.07, 6.45) is 2.48. The second-order valence-corrected chi connectivity index (χ2v) is 8.30. The van der Waals surface area contributed by atoms with Crippen molar-refractivity contribution >= 4 is 27.8 Å². The average molecular weight is 420 g/mol. The summed E-state index contributed by atoms with van der Waals surface area (Å²) < 4.78 is 36.0. The third-order valence-corrected chi connectivity index (χ3v) is 5.49. The molecule has 0 saturated heterocycles. The lowest BCUT2D eigenvalue weighted by Gasteiger charge is -2.23. The molecule has 0 aliphatic rings. The number of hydrogen-bond acceptors (Lipinski definition) is 6. The molecule has 0 radical (unpaired) electrons. The minimum absolute atomic E-state index is 0.389. The number of amides is 1.